The fourth-order valence-corrected chi connectivity index (χ4v) is 0.341. The van der Waals surface area contributed by atoms with Crippen LogP contribution in [-0.2, 0) is 0 Å². The van der Waals surface area contributed by atoms with Crippen molar-refractivity contribution >= 4 is 6.21 Å². The Kier molecular flexibility index (Phi) is 11.3. The van der Waals surface area contributed by atoms with E-state index in [2.05, 4.69) is 38.2 Å². The Balaban J connectivity index is 0. The van der Waals surface area contributed by atoms with Gasteiger partial charge in [0.1, 0.15) is 0 Å². The molecule has 0 bridgehead atoms. The van der Waals surface area contributed by atoms with Gasteiger partial charge in [-0.25, -0.2) is 0 Å². The van der Waals surface area contributed by atoms with E-state index in [1.165, 1.54) is 0 Å². The number of hydrogen-bond acceptors (Lipinski definition) is 2. The molecule has 11 heavy (non-hydrogen) atoms. The van der Waals surface area contributed by atoms with Crippen molar-refractivity contribution in [2.24, 2.45) is 11.0 Å². The Morgan fingerprint density at radius 1 is 1.09 bits per heavy atom. The van der Waals surface area contributed by atoms with Crippen molar-refractivity contribution in [3.8, 4) is 0 Å². The minimum Gasteiger partial charge on any atom is -0.308 e. The van der Waals surface area contributed by atoms with Crippen LogP contribution in [0.4, 0.5) is 0 Å². The maximum Gasteiger partial charge on any atom is 0.0383 e. The smallest absolute Gasteiger partial charge is 0.0383 e. The van der Waals surface area contributed by atoms with Gasteiger partial charge >= 0.3 is 0 Å². The maximum atomic E-state index is 4.00. The highest BCUT2D eigenvalue weighted by Crippen LogP contribution is 1.83. The van der Waals surface area contributed by atoms with E-state index in [0.717, 1.165) is 0 Å². The molecule has 0 aliphatic carbocycles. The number of rotatable bonds is 3. The molecule has 0 spiro atoms. The molecule has 0 aliphatic rings. The van der Waals surface area contributed by atoms with Gasteiger partial charge in [0.05, 0.1) is 0 Å². The quantitative estimate of drug-likeness (QED) is 0.495. The molecule has 0 fully saturated rings. The second-order valence-electron chi connectivity index (χ2n) is 2.81. The van der Waals surface area contributed by atoms with Crippen LogP contribution in [0.15, 0.2) is 5.10 Å². The van der Waals surface area contributed by atoms with Gasteiger partial charge in [-0.1, -0.05) is 27.7 Å². The maximum absolute atomic E-state index is 4.00. The lowest BCUT2D eigenvalue weighted by atomic mass is 10.3. The molecule has 0 heterocycles. The monoisotopic (exact) mass is 158 g/mol. The Labute approximate surface area is 71.1 Å². The van der Waals surface area contributed by atoms with Crippen molar-refractivity contribution in [1.29, 1.82) is 0 Å². The lowest BCUT2D eigenvalue weighted by molar-refractivity contribution is 0.618. The van der Waals surface area contributed by atoms with E-state index in [-0.39, 0.29) is 0 Å². The highest BCUT2D eigenvalue weighted by molar-refractivity contribution is 5.59. The summed E-state index contributed by atoms with van der Waals surface area (Å²) < 4.78 is 0. The summed E-state index contributed by atoms with van der Waals surface area (Å²) >= 11 is 0. The molecule has 0 aromatic heterocycles. The zero-order chi connectivity index (χ0) is 9.28. The SMILES string of the molecule is CC.CC(C)/C=N\NC(C)C. The Bertz CT molecular complexity index is 85.6. The van der Waals surface area contributed by atoms with Gasteiger partial charge in [0.2, 0.25) is 0 Å². The van der Waals surface area contributed by atoms with Crippen LogP contribution in [0, 0.1) is 5.92 Å². The van der Waals surface area contributed by atoms with Crippen LogP contribution in [0.1, 0.15) is 41.5 Å². The first-order valence-electron chi connectivity index (χ1n) is 4.41. The van der Waals surface area contributed by atoms with Gasteiger partial charge in [-0.05, 0) is 19.8 Å². The lowest BCUT2D eigenvalue weighted by Crippen LogP contribution is -2.16. The highest BCUT2D eigenvalue weighted by atomic mass is 15.3. The fourth-order valence-electron chi connectivity index (χ4n) is 0.341. The third-order valence-electron chi connectivity index (χ3n) is 0.705. The summed E-state index contributed by atoms with van der Waals surface area (Å²) in [5.41, 5.74) is 2.95. The number of nitrogens with one attached hydrogen (secondary N) is 1. The van der Waals surface area contributed by atoms with Gasteiger partial charge in [0.15, 0.2) is 0 Å². The molecule has 0 aliphatic heterocycles. The van der Waals surface area contributed by atoms with Crippen molar-refractivity contribution in [1.82, 2.24) is 5.43 Å². The zero-order valence-corrected chi connectivity index (χ0v) is 8.68. The summed E-state index contributed by atoms with van der Waals surface area (Å²) in [7, 11) is 0. The Hall–Kier alpha value is -0.530. The molecule has 0 unspecified atom stereocenters. The second kappa shape index (κ2) is 9.47. The summed E-state index contributed by atoms with van der Waals surface area (Å²) in [5.74, 6) is 0.538. The molecule has 0 aromatic carbocycles. The molecular formula is C9H22N2. The summed E-state index contributed by atoms with van der Waals surface area (Å²) in [4.78, 5) is 0. The van der Waals surface area contributed by atoms with Crippen molar-refractivity contribution in [2.75, 3.05) is 0 Å². The van der Waals surface area contributed by atoms with Gasteiger partial charge in [-0.2, -0.15) is 5.10 Å². The molecule has 0 saturated heterocycles. The van der Waals surface area contributed by atoms with Crippen LogP contribution in [0.5, 0.6) is 0 Å². The normalized spacial score (nSPS) is 10.2. The fraction of sp³-hybridized carbons (Fsp3) is 0.889. The van der Waals surface area contributed by atoms with E-state index in [1.807, 2.05) is 20.1 Å². The molecule has 1 N–H and O–H groups in total. The van der Waals surface area contributed by atoms with Crippen molar-refractivity contribution in [3.05, 3.63) is 0 Å². The summed E-state index contributed by atoms with van der Waals surface area (Å²) in [6, 6.07) is 0.444. The Morgan fingerprint density at radius 3 is 1.82 bits per heavy atom. The Morgan fingerprint density at radius 2 is 1.55 bits per heavy atom. The van der Waals surface area contributed by atoms with E-state index in [1.54, 1.807) is 0 Å². The summed E-state index contributed by atoms with van der Waals surface area (Å²) in [6.07, 6.45) is 1.90. The minimum absolute atomic E-state index is 0.444. The molecule has 0 radical (unpaired) electrons. The number of hydrazone groups is 1. The standard InChI is InChI=1S/C7H16N2.C2H6/c1-6(2)5-8-9-7(3)4;1-2/h5-7,9H,1-4H3;1-2H3/b8-5-;. The van der Waals surface area contributed by atoms with Gasteiger partial charge in [-0.15, -0.1) is 0 Å². The first-order chi connectivity index (χ1) is 5.13. The van der Waals surface area contributed by atoms with Gasteiger partial charge < -0.3 is 5.43 Å². The van der Waals surface area contributed by atoms with Gasteiger partial charge in [0.25, 0.3) is 0 Å². The predicted octanol–water partition coefficient (Wildman–Crippen LogP) is 2.65. The van der Waals surface area contributed by atoms with Crippen LogP contribution in [-0.4, -0.2) is 12.3 Å². The largest absolute Gasteiger partial charge is 0.308 e. The average Bonchev–Trinajstić information content (AvgIpc) is 1.90. The van der Waals surface area contributed by atoms with E-state index in [0.29, 0.717) is 12.0 Å². The van der Waals surface area contributed by atoms with Crippen LogP contribution >= 0.6 is 0 Å². The molecule has 0 aromatic rings. The van der Waals surface area contributed by atoms with E-state index < -0.39 is 0 Å². The summed E-state index contributed by atoms with van der Waals surface area (Å²) in [5, 5.41) is 4.00. The third kappa shape index (κ3) is 17.7. The molecule has 0 rings (SSSR count). The third-order valence-corrected chi connectivity index (χ3v) is 0.705. The molecule has 0 saturated carbocycles. The molecular weight excluding hydrogens is 136 g/mol. The molecule has 2 nitrogen and oxygen atoms in total. The van der Waals surface area contributed by atoms with E-state index in [9.17, 15) is 0 Å². The van der Waals surface area contributed by atoms with Crippen LogP contribution in [0.2, 0.25) is 0 Å². The van der Waals surface area contributed by atoms with Crippen molar-refractivity contribution < 1.29 is 0 Å². The first-order valence-corrected chi connectivity index (χ1v) is 4.41. The van der Waals surface area contributed by atoms with Crippen LogP contribution in [0.3, 0.4) is 0 Å². The second-order valence-corrected chi connectivity index (χ2v) is 2.81. The predicted molar refractivity (Wildman–Crippen MR) is 52.9 cm³/mol. The molecule has 0 atom stereocenters. The minimum atomic E-state index is 0.444. The highest BCUT2D eigenvalue weighted by Gasteiger charge is 1.86. The topological polar surface area (TPSA) is 24.4 Å². The van der Waals surface area contributed by atoms with Gasteiger partial charge in [0, 0.05) is 12.3 Å². The first kappa shape index (κ1) is 13.1. The number of hydrogen-bond donors (Lipinski definition) is 1. The lowest BCUT2D eigenvalue weighted by Gasteiger charge is -2.02. The van der Waals surface area contributed by atoms with Gasteiger partial charge in [-0.3, -0.25) is 0 Å². The van der Waals surface area contributed by atoms with Crippen molar-refractivity contribution in [2.45, 2.75) is 47.6 Å². The van der Waals surface area contributed by atoms with E-state index in [4.69, 9.17) is 0 Å². The van der Waals surface area contributed by atoms with Crippen molar-refractivity contribution in [3.63, 3.8) is 0 Å². The average molecular weight is 158 g/mol. The molecule has 68 valence electrons. The molecule has 2 heteroatoms. The van der Waals surface area contributed by atoms with Crippen LogP contribution < -0.4 is 5.43 Å². The van der Waals surface area contributed by atoms with E-state index >= 15 is 0 Å². The molecule has 0 amide bonds. The zero-order valence-electron chi connectivity index (χ0n) is 8.68. The summed E-state index contributed by atoms with van der Waals surface area (Å²) in [6.45, 7) is 12.3. The van der Waals surface area contributed by atoms with Crippen LogP contribution in [0.25, 0.3) is 0 Å². The number of nitrogens with zero attached hydrogens (tertiary/aromatic N) is 1.